The molecule has 1 N–H and O–H groups in total. The van der Waals surface area contributed by atoms with E-state index >= 15 is 0 Å². The molecule has 0 aromatic carbocycles. The number of fused-ring (bicyclic) bond motifs is 1. The Balaban J connectivity index is 1.92. The summed E-state index contributed by atoms with van der Waals surface area (Å²) in [5, 5.41) is 2.87. The highest BCUT2D eigenvalue weighted by Crippen LogP contribution is 2.34. The SMILES string of the molecule is CN(CC(=O)NC(C)(C)C)CN1C(=O)[C@H]2CC=CC[C@H]2C1=O. The largest absolute Gasteiger partial charge is 0.350 e. The lowest BCUT2D eigenvalue weighted by atomic mass is 9.85. The lowest BCUT2D eigenvalue weighted by Gasteiger charge is -2.25. The van der Waals surface area contributed by atoms with Gasteiger partial charge in [0, 0.05) is 5.54 Å². The van der Waals surface area contributed by atoms with Gasteiger partial charge in [-0.1, -0.05) is 12.2 Å². The smallest absolute Gasteiger partial charge is 0.234 e. The Morgan fingerprint density at radius 1 is 1.23 bits per heavy atom. The van der Waals surface area contributed by atoms with Crippen molar-refractivity contribution in [1.29, 1.82) is 0 Å². The van der Waals surface area contributed by atoms with Crippen LogP contribution >= 0.6 is 0 Å². The van der Waals surface area contributed by atoms with Crippen molar-refractivity contribution in [3.8, 4) is 0 Å². The molecule has 1 aliphatic heterocycles. The zero-order valence-corrected chi connectivity index (χ0v) is 13.8. The molecular weight excluding hydrogens is 282 g/mol. The fourth-order valence-electron chi connectivity index (χ4n) is 3.00. The highest BCUT2D eigenvalue weighted by atomic mass is 16.2. The van der Waals surface area contributed by atoms with Gasteiger partial charge in [-0.25, -0.2) is 0 Å². The van der Waals surface area contributed by atoms with Crippen molar-refractivity contribution in [2.24, 2.45) is 11.8 Å². The third kappa shape index (κ3) is 3.74. The van der Waals surface area contributed by atoms with E-state index in [9.17, 15) is 14.4 Å². The van der Waals surface area contributed by atoms with Gasteiger partial charge in [0.15, 0.2) is 0 Å². The Morgan fingerprint density at radius 3 is 2.18 bits per heavy atom. The fourth-order valence-corrected chi connectivity index (χ4v) is 3.00. The van der Waals surface area contributed by atoms with Crippen molar-refractivity contribution >= 4 is 17.7 Å². The Kier molecular flexibility index (Phi) is 4.70. The maximum atomic E-state index is 12.3. The van der Waals surface area contributed by atoms with Crippen molar-refractivity contribution in [2.45, 2.75) is 39.2 Å². The van der Waals surface area contributed by atoms with Crippen molar-refractivity contribution < 1.29 is 14.4 Å². The summed E-state index contributed by atoms with van der Waals surface area (Å²) in [5.41, 5.74) is -0.294. The molecule has 0 saturated carbocycles. The number of nitrogens with zero attached hydrogens (tertiary/aromatic N) is 2. The Bertz CT molecular complexity index is 481. The minimum absolute atomic E-state index is 0.109. The van der Waals surface area contributed by atoms with Crippen molar-refractivity contribution in [1.82, 2.24) is 15.1 Å². The van der Waals surface area contributed by atoms with Crippen molar-refractivity contribution in [3.63, 3.8) is 0 Å². The molecule has 2 atom stereocenters. The molecule has 122 valence electrons. The molecule has 0 aromatic rings. The van der Waals surface area contributed by atoms with E-state index in [1.807, 2.05) is 32.9 Å². The number of rotatable bonds is 4. The number of carbonyl (C=O) groups excluding carboxylic acids is 3. The highest BCUT2D eigenvalue weighted by molar-refractivity contribution is 6.05. The molecule has 1 fully saturated rings. The summed E-state index contributed by atoms with van der Waals surface area (Å²) in [7, 11) is 1.74. The molecule has 22 heavy (non-hydrogen) atoms. The number of likely N-dealkylation sites (N-methyl/N-ethyl adjacent to an activating group) is 1. The van der Waals surface area contributed by atoms with Gasteiger partial charge in [-0.2, -0.15) is 0 Å². The van der Waals surface area contributed by atoms with Crippen LogP contribution in [0.1, 0.15) is 33.6 Å². The molecular formula is C16H25N3O3. The maximum Gasteiger partial charge on any atom is 0.234 e. The first kappa shape index (κ1) is 16.7. The van der Waals surface area contributed by atoms with E-state index in [0.717, 1.165) is 0 Å². The second kappa shape index (κ2) is 6.20. The molecule has 0 spiro atoms. The Labute approximate surface area is 131 Å². The molecule has 2 rings (SSSR count). The number of amides is 3. The number of imide groups is 1. The van der Waals surface area contributed by atoms with Gasteiger partial charge in [0.2, 0.25) is 17.7 Å². The number of likely N-dealkylation sites (tertiary alicyclic amines) is 1. The monoisotopic (exact) mass is 307 g/mol. The molecule has 0 aromatic heterocycles. The summed E-state index contributed by atoms with van der Waals surface area (Å²) in [6.07, 6.45) is 5.21. The van der Waals surface area contributed by atoms with Crippen LogP contribution in [0.2, 0.25) is 0 Å². The van der Waals surface area contributed by atoms with Gasteiger partial charge in [-0.05, 0) is 40.7 Å². The molecule has 0 unspecified atom stereocenters. The van der Waals surface area contributed by atoms with Crippen LogP contribution in [0.25, 0.3) is 0 Å². The van der Waals surface area contributed by atoms with E-state index in [4.69, 9.17) is 0 Å². The number of carbonyl (C=O) groups is 3. The van der Waals surface area contributed by atoms with Gasteiger partial charge >= 0.3 is 0 Å². The lowest BCUT2D eigenvalue weighted by molar-refractivity contribution is -0.143. The Morgan fingerprint density at radius 2 is 1.73 bits per heavy atom. The van der Waals surface area contributed by atoms with Gasteiger partial charge in [0.25, 0.3) is 0 Å². The summed E-state index contributed by atoms with van der Waals surface area (Å²) >= 11 is 0. The number of nitrogens with one attached hydrogen (secondary N) is 1. The van der Waals surface area contributed by atoms with Crippen molar-refractivity contribution in [2.75, 3.05) is 20.3 Å². The molecule has 1 aliphatic carbocycles. The summed E-state index contributed by atoms with van der Waals surface area (Å²) in [4.78, 5) is 39.6. The van der Waals surface area contributed by atoms with Crippen molar-refractivity contribution in [3.05, 3.63) is 12.2 Å². The first-order valence-corrected chi connectivity index (χ1v) is 7.69. The molecule has 1 saturated heterocycles. The number of hydrogen-bond acceptors (Lipinski definition) is 4. The topological polar surface area (TPSA) is 69.7 Å². The van der Waals surface area contributed by atoms with E-state index in [-0.39, 0.29) is 48.3 Å². The third-order valence-corrected chi connectivity index (χ3v) is 3.91. The van der Waals surface area contributed by atoms with E-state index in [1.54, 1.807) is 11.9 Å². The van der Waals surface area contributed by atoms with E-state index in [0.29, 0.717) is 12.8 Å². The van der Waals surface area contributed by atoms with E-state index in [1.165, 1.54) is 4.90 Å². The molecule has 1 heterocycles. The summed E-state index contributed by atoms with van der Waals surface area (Å²) < 4.78 is 0. The van der Waals surface area contributed by atoms with Crippen LogP contribution in [-0.2, 0) is 14.4 Å². The molecule has 0 radical (unpaired) electrons. The fraction of sp³-hybridized carbons (Fsp3) is 0.688. The second-order valence-corrected chi connectivity index (χ2v) is 7.21. The molecule has 6 heteroatoms. The van der Waals surface area contributed by atoms with Crippen LogP contribution in [0, 0.1) is 11.8 Å². The van der Waals surface area contributed by atoms with Crippen LogP contribution < -0.4 is 5.32 Å². The summed E-state index contributed by atoms with van der Waals surface area (Å²) in [5.74, 6) is -0.762. The van der Waals surface area contributed by atoms with Crippen LogP contribution in [0.15, 0.2) is 12.2 Å². The maximum absolute atomic E-state index is 12.3. The van der Waals surface area contributed by atoms with Gasteiger partial charge in [-0.3, -0.25) is 24.2 Å². The quantitative estimate of drug-likeness (QED) is 0.614. The Hall–Kier alpha value is -1.69. The summed E-state index contributed by atoms with van der Waals surface area (Å²) in [6, 6.07) is 0. The molecule has 6 nitrogen and oxygen atoms in total. The first-order chi connectivity index (χ1) is 10.2. The minimum atomic E-state index is -0.294. The van der Waals surface area contributed by atoms with E-state index < -0.39 is 0 Å². The van der Waals surface area contributed by atoms with Gasteiger partial charge in [0.05, 0.1) is 25.0 Å². The van der Waals surface area contributed by atoms with Crippen LogP contribution in [-0.4, -0.2) is 53.3 Å². The van der Waals surface area contributed by atoms with Gasteiger partial charge in [0.1, 0.15) is 0 Å². The number of hydrogen-bond donors (Lipinski definition) is 1. The average Bonchev–Trinajstić information content (AvgIpc) is 2.62. The van der Waals surface area contributed by atoms with Crippen LogP contribution in [0.4, 0.5) is 0 Å². The molecule has 2 aliphatic rings. The third-order valence-electron chi connectivity index (χ3n) is 3.91. The zero-order chi connectivity index (χ0) is 16.5. The van der Waals surface area contributed by atoms with Gasteiger partial charge < -0.3 is 5.32 Å². The molecule has 0 bridgehead atoms. The van der Waals surface area contributed by atoms with Crippen LogP contribution in [0.3, 0.4) is 0 Å². The normalized spacial score (nSPS) is 24.9. The van der Waals surface area contributed by atoms with Crippen LogP contribution in [0.5, 0.6) is 0 Å². The highest BCUT2D eigenvalue weighted by Gasteiger charge is 2.47. The summed E-state index contributed by atoms with van der Waals surface area (Å²) in [6.45, 7) is 6.06. The first-order valence-electron chi connectivity index (χ1n) is 7.69. The van der Waals surface area contributed by atoms with Gasteiger partial charge in [-0.15, -0.1) is 0 Å². The average molecular weight is 307 g/mol. The lowest BCUT2D eigenvalue weighted by Crippen LogP contribution is -2.48. The number of allylic oxidation sites excluding steroid dienone is 2. The predicted octanol–water partition coefficient (Wildman–Crippen LogP) is 0.742. The second-order valence-electron chi connectivity index (χ2n) is 7.21. The minimum Gasteiger partial charge on any atom is -0.350 e. The zero-order valence-electron chi connectivity index (χ0n) is 13.8. The standard InChI is InChI=1S/C16H25N3O3/c1-16(2,3)17-13(20)9-18(4)10-19-14(21)11-7-5-6-8-12(11)15(19)22/h5-6,11-12H,7-10H2,1-4H3,(H,17,20)/t11-,12+. The van der Waals surface area contributed by atoms with E-state index in [2.05, 4.69) is 5.32 Å². The molecule has 3 amide bonds. The predicted molar refractivity (Wildman–Crippen MR) is 82.6 cm³/mol.